The number of benzene rings is 1. The zero-order valence-electron chi connectivity index (χ0n) is 11.7. The van der Waals surface area contributed by atoms with E-state index in [4.69, 9.17) is 10.5 Å². The highest BCUT2D eigenvalue weighted by Gasteiger charge is 2.54. The van der Waals surface area contributed by atoms with Gasteiger partial charge in [-0.15, -0.1) is 0 Å². The molecule has 23 heavy (non-hydrogen) atoms. The number of fused-ring (bicyclic) bond motifs is 1. The number of nitro benzene ring substituents is 1. The van der Waals surface area contributed by atoms with Crippen molar-refractivity contribution < 1.29 is 22.8 Å². The molecule has 1 aromatic carbocycles. The number of nitro groups is 1. The summed E-state index contributed by atoms with van der Waals surface area (Å²) in [4.78, 5) is 14.3. The van der Waals surface area contributed by atoms with E-state index in [9.17, 15) is 23.3 Å². The van der Waals surface area contributed by atoms with Gasteiger partial charge in [0.2, 0.25) is 0 Å². The SMILES string of the molecule is NC1=NC2(c3cc([N+](=O)[O-])cc(F)c3F)CO[C@H](CF)C2CS1. The molecule has 1 saturated heterocycles. The molecule has 2 unspecified atom stereocenters. The number of alkyl halides is 1. The molecule has 0 radical (unpaired) electrons. The molecule has 0 aliphatic carbocycles. The van der Waals surface area contributed by atoms with Gasteiger partial charge in [-0.1, -0.05) is 11.8 Å². The van der Waals surface area contributed by atoms with Gasteiger partial charge in [-0.05, 0) is 0 Å². The van der Waals surface area contributed by atoms with Crippen LogP contribution in [0, 0.1) is 27.7 Å². The van der Waals surface area contributed by atoms with E-state index in [1.165, 1.54) is 0 Å². The molecule has 2 aliphatic rings. The third kappa shape index (κ3) is 2.45. The Morgan fingerprint density at radius 2 is 2.26 bits per heavy atom. The zero-order chi connectivity index (χ0) is 16.8. The van der Waals surface area contributed by atoms with Gasteiger partial charge in [-0.25, -0.2) is 18.2 Å². The highest BCUT2D eigenvalue weighted by Crippen LogP contribution is 2.49. The van der Waals surface area contributed by atoms with E-state index < -0.39 is 46.5 Å². The van der Waals surface area contributed by atoms with Gasteiger partial charge in [0.05, 0.1) is 23.7 Å². The summed E-state index contributed by atoms with van der Waals surface area (Å²) in [5, 5.41) is 11.1. The first-order valence-electron chi connectivity index (χ1n) is 6.68. The van der Waals surface area contributed by atoms with Crippen molar-refractivity contribution in [3.63, 3.8) is 0 Å². The summed E-state index contributed by atoms with van der Waals surface area (Å²) in [5.41, 5.74) is 3.31. The van der Waals surface area contributed by atoms with Crippen LogP contribution in [0.3, 0.4) is 0 Å². The second kappa shape index (κ2) is 5.68. The fourth-order valence-electron chi connectivity index (χ4n) is 3.01. The van der Waals surface area contributed by atoms with Gasteiger partial charge in [0.25, 0.3) is 5.69 Å². The average molecular weight is 347 g/mol. The maximum atomic E-state index is 14.4. The summed E-state index contributed by atoms with van der Waals surface area (Å²) in [7, 11) is 0. The number of non-ortho nitro benzene ring substituents is 1. The lowest BCUT2D eigenvalue weighted by atomic mass is 9.78. The highest BCUT2D eigenvalue weighted by atomic mass is 32.2. The van der Waals surface area contributed by atoms with Crippen molar-refractivity contribution >= 4 is 22.6 Å². The van der Waals surface area contributed by atoms with Crippen molar-refractivity contribution in [2.24, 2.45) is 16.6 Å². The number of aliphatic imine (C=N–C) groups is 1. The summed E-state index contributed by atoms with van der Waals surface area (Å²) in [5.74, 6) is -2.92. The lowest BCUT2D eigenvalue weighted by Crippen LogP contribution is -2.43. The predicted molar refractivity (Wildman–Crippen MR) is 78.0 cm³/mol. The van der Waals surface area contributed by atoms with Crippen molar-refractivity contribution in [1.29, 1.82) is 0 Å². The second-order valence-corrected chi connectivity index (χ2v) is 6.38. The third-order valence-electron chi connectivity index (χ3n) is 4.14. The van der Waals surface area contributed by atoms with Gasteiger partial charge < -0.3 is 10.5 Å². The molecule has 0 amide bonds. The molecule has 6 nitrogen and oxygen atoms in total. The highest BCUT2D eigenvalue weighted by molar-refractivity contribution is 8.13. The van der Waals surface area contributed by atoms with Crippen molar-refractivity contribution in [3.05, 3.63) is 39.4 Å². The lowest BCUT2D eigenvalue weighted by molar-refractivity contribution is -0.385. The number of halogens is 3. The van der Waals surface area contributed by atoms with Crippen LogP contribution in [0.1, 0.15) is 5.56 Å². The number of hydrogen-bond acceptors (Lipinski definition) is 6. The van der Waals surface area contributed by atoms with E-state index >= 15 is 0 Å². The van der Waals surface area contributed by atoms with Crippen LogP contribution >= 0.6 is 11.8 Å². The quantitative estimate of drug-likeness (QED) is 0.668. The van der Waals surface area contributed by atoms with Crippen molar-refractivity contribution in [3.8, 4) is 0 Å². The topological polar surface area (TPSA) is 90.8 Å². The summed E-state index contributed by atoms with van der Waals surface area (Å²) >= 11 is 1.16. The fourth-order valence-corrected chi connectivity index (χ4v) is 4.08. The third-order valence-corrected chi connectivity index (χ3v) is 5.06. The van der Waals surface area contributed by atoms with Crippen LogP contribution in [0.5, 0.6) is 0 Å². The van der Waals surface area contributed by atoms with Crippen molar-refractivity contribution in [1.82, 2.24) is 0 Å². The van der Waals surface area contributed by atoms with Crippen LogP contribution in [-0.4, -0.2) is 35.2 Å². The molecule has 0 bridgehead atoms. The normalized spacial score (nSPS) is 30.0. The van der Waals surface area contributed by atoms with E-state index in [1.54, 1.807) is 0 Å². The monoisotopic (exact) mass is 347 g/mol. The van der Waals surface area contributed by atoms with Crippen LogP contribution in [0.15, 0.2) is 17.1 Å². The first-order valence-corrected chi connectivity index (χ1v) is 7.67. The Labute approximate surface area is 133 Å². The second-order valence-electron chi connectivity index (χ2n) is 5.34. The molecular weight excluding hydrogens is 335 g/mol. The first kappa shape index (κ1) is 16.1. The number of nitrogens with zero attached hydrogens (tertiary/aromatic N) is 2. The molecule has 1 aromatic rings. The molecule has 10 heteroatoms. The van der Waals surface area contributed by atoms with Gasteiger partial charge in [0, 0.05) is 23.3 Å². The molecule has 3 rings (SSSR count). The number of nitrogens with two attached hydrogens (primary N) is 1. The van der Waals surface area contributed by atoms with Gasteiger partial charge in [-0.3, -0.25) is 10.1 Å². The molecule has 2 aliphatic heterocycles. The number of hydrogen-bond donors (Lipinski definition) is 1. The van der Waals surface area contributed by atoms with Crippen LogP contribution < -0.4 is 5.73 Å². The standard InChI is InChI=1S/C13H12F3N3O3S/c14-3-10-8-4-23-12(17)18-13(8,5-22-10)7-1-6(19(20)21)2-9(15)11(7)16/h1-2,8,10H,3-5H2,(H2,17,18)/t8?,10-,13?/m1/s1. The largest absolute Gasteiger partial charge is 0.379 e. The summed E-state index contributed by atoms with van der Waals surface area (Å²) in [6, 6.07) is 1.42. The summed E-state index contributed by atoms with van der Waals surface area (Å²) in [6.45, 7) is -1.04. The Morgan fingerprint density at radius 1 is 1.52 bits per heavy atom. The molecule has 1 fully saturated rings. The predicted octanol–water partition coefficient (Wildman–Crippen LogP) is 2.11. The van der Waals surface area contributed by atoms with E-state index in [-0.39, 0.29) is 17.3 Å². The number of amidine groups is 1. The Hall–Kier alpha value is -1.81. The Balaban J connectivity index is 2.22. The fraction of sp³-hybridized carbons (Fsp3) is 0.462. The first-order chi connectivity index (χ1) is 10.9. The van der Waals surface area contributed by atoms with Gasteiger partial charge in [0.1, 0.15) is 12.2 Å². The van der Waals surface area contributed by atoms with Gasteiger partial charge >= 0.3 is 0 Å². The molecule has 2 N–H and O–H groups in total. The smallest absolute Gasteiger partial charge is 0.272 e. The van der Waals surface area contributed by atoms with Crippen LogP contribution in [0.2, 0.25) is 0 Å². The maximum absolute atomic E-state index is 14.4. The van der Waals surface area contributed by atoms with Gasteiger partial charge in [0.15, 0.2) is 16.8 Å². The summed E-state index contributed by atoms with van der Waals surface area (Å²) < 4.78 is 46.7. The van der Waals surface area contributed by atoms with E-state index in [0.29, 0.717) is 11.8 Å². The minimum Gasteiger partial charge on any atom is -0.379 e. The van der Waals surface area contributed by atoms with Crippen LogP contribution in [-0.2, 0) is 10.3 Å². The minimum absolute atomic E-state index is 0.121. The van der Waals surface area contributed by atoms with E-state index in [1.807, 2.05) is 0 Å². The molecular formula is C13H12F3N3O3S. The molecule has 2 heterocycles. The molecule has 0 aromatic heterocycles. The van der Waals surface area contributed by atoms with Crippen molar-refractivity contribution in [2.45, 2.75) is 11.6 Å². The van der Waals surface area contributed by atoms with E-state index in [0.717, 1.165) is 17.8 Å². The zero-order valence-corrected chi connectivity index (χ0v) is 12.5. The minimum atomic E-state index is -1.46. The molecule has 124 valence electrons. The maximum Gasteiger partial charge on any atom is 0.272 e. The number of thioether (sulfide) groups is 1. The molecule has 3 atom stereocenters. The lowest BCUT2D eigenvalue weighted by Gasteiger charge is -2.35. The number of ether oxygens (including phenoxy) is 1. The average Bonchev–Trinajstić information content (AvgIpc) is 2.88. The Kier molecular flexibility index (Phi) is 3.96. The Bertz CT molecular complexity index is 703. The summed E-state index contributed by atoms with van der Waals surface area (Å²) in [6.07, 6.45) is -0.846. The van der Waals surface area contributed by atoms with Crippen LogP contribution in [0.4, 0.5) is 18.9 Å². The molecule has 0 spiro atoms. The van der Waals surface area contributed by atoms with Crippen molar-refractivity contribution in [2.75, 3.05) is 19.0 Å². The van der Waals surface area contributed by atoms with E-state index in [2.05, 4.69) is 4.99 Å². The Morgan fingerprint density at radius 3 is 2.91 bits per heavy atom. The van der Waals surface area contributed by atoms with Gasteiger partial charge in [-0.2, -0.15) is 0 Å². The van der Waals surface area contributed by atoms with Crippen LogP contribution in [0.25, 0.3) is 0 Å². The number of rotatable bonds is 3. The molecule has 0 saturated carbocycles.